The molecule has 0 radical (unpaired) electrons. The van der Waals surface area contributed by atoms with E-state index in [1.54, 1.807) is 12.1 Å². The molecule has 0 spiro atoms. The van der Waals surface area contributed by atoms with Crippen molar-refractivity contribution < 1.29 is 19.0 Å². The first-order chi connectivity index (χ1) is 8.93. The zero-order valence-electron chi connectivity index (χ0n) is 11.3. The molecule has 0 aromatic heterocycles. The van der Waals surface area contributed by atoms with E-state index in [1.807, 2.05) is 0 Å². The van der Waals surface area contributed by atoms with Gasteiger partial charge in [-0.1, -0.05) is 12.1 Å². The molecular weight excluding hydrogens is 250 g/mol. The normalized spacial score (nSPS) is 12.1. The number of nitrogens with zero attached hydrogens (tertiary/aromatic N) is 1. The van der Waals surface area contributed by atoms with Gasteiger partial charge in [0.1, 0.15) is 5.82 Å². The van der Waals surface area contributed by atoms with Crippen LogP contribution >= 0.6 is 0 Å². The molecule has 5 nitrogen and oxygen atoms in total. The second kappa shape index (κ2) is 7.23. The third-order valence-electron chi connectivity index (χ3n) is 2.65. The van der Waals surface area contributed by atoms with Crippen molar-refractivity contribution in [2.24, 2.45) is 0 Å². The lowest BCUT2D eigenvalue weighted by Crippen LogP contribution is -2.50. The summed E-state index contributed by atoms with van der Waals surface area (Å²) in [6.45, 7) is 1.51. The highest BCUT2D eigenvalue weighted by molar-refractivity contribution is 6.46. The lowest BCUT2D eigenvalue weighted by atomic mass is 9.86. The lowest BCUT2D eigenvalue weighted by Gasteiger charge is -2.23. The molecule has 0 heterocycles. The average Bonchev–Trinajstić information content (AvgIpc) is 2.35. The number of carbonyl (C=O) groups excluding carboxylic acids is 1. The lowest BCUT2D eigenvalue weighted by molar-refractivity contribution is -0.170. The van der Waals surface area contributed by atoms with E-state index in [0.29, 0.717) is 5.56 Å². The quantitative estimate of drug-likeness (QED) is 0.581. The molecule has 0 aliphatic rings. The smallest absolute Gasteiger partial charge is 0.374 e. The molecule has 1 unspecified atom stereocenters. The van der Waals surface area contributed by atoms with Crippen molar-refractivity contribution in [2.45, 2.75) is 19.3 Å². The summed E-state index contributed by atoms with van der Waals surface area (Å²) in [7, 11) is 2.00. The highest BCUT2D eigenvalue weighted by Crippen LogP contribution is 2.08. The van der Waals surface area contributed by atoms with Crippen molar-refractivity contribution in [1.82, 2.24) is 10.3 Å². The number of amides is 1. The number of likely N-dealkylation sites (N-methyl/N-ethyl adjacent to an activating group) is 1. The van der Waals surface area contributed by atoms with Gasteiger partial charge in [0.2, 0.25) is 0 Å². The van der Waals surface area contributed by atoms with Crippen LogP contribution in [-0.2, 0) is 16.1 Å². The predicted octanol–water partition coefficient (Wildman–Crippen LogP) is 0.456. The van der Waals surface area contributed by atoms with Gasteiger partial charge in [0.05, 0.1) is 13.2 Å². The summed E-state index contributed by atoms with van der Waals surface area (Å²) in [5.74, 6) is -0.700. The standard InChI is InChI=1S/C12H18BFN2O3/c1-13(18)15-11(12(17)16(2)19-3)8-9-5-4-6-10(14)7-9/h4-7,11,15,18H,8H2,1-3H3. The summed E-state index contributed by atoms with van der Waals surface area (Å²) in [5.41, 5.74) is 0.663. The summed E-state index contributed by atoms with van der Waals surface area (Å²) in [5, 5.41) is 13.2. The molecular formula is C12H18BFN2O3. The Labute approximate surface area is 112 Å². The Morgan fingerprint density at radius 3 is 2.84 bits per heavy atom. The number of hydroxylamine groups is 2. The van der Waals surface area contributed by atoms with Crippen LogP contribution in [0.4, 0.5) is 4.39 Å². The van der Waals surface area contributed by atoms with E-state index in [0.717, 1.165) is 5.06 Å². The maximum absolute atomic E-state index is 13.1. The minimum absolute atomic E-state index is 0.259. The van der Waals surface area contributed by atoms with Gasteiger partial charge in [0.15, 0.2) is 0 Å². The Bertz CT molecular complexity index is 431. The van der Waals surface area contributed by atoms with E-state index in [9.17, 15) is 14.2 Å². The first-order valence-corrected chi connectivity index (χ1v) is 5.94. The van der Waals surface area contributed by atoms with Crippen LogP contribution in [0.15, 0.2) is 24.3 Å². The first-order valence-electron chi connectivity index (χ1n) is 5.94. The largest absolute Gasteiger partial charge is 0.437 e. The van der Waals surface area contributed by atoms with Crippen molar-refractivity contribution >= 4 is 13.0 Å². The van der Waals surface area contributed by atoms with Gasteiger partial charge in [0, 0.05) is 7.05 Å². The summed E-state index contributed by atoms with van der Waals surface area (Å²) in [4.78, 5) is 16.9. The van der Waals surface area contributed by atoms with E-state index in [4.69, 9.17) is 4.84 Å². The van der Waals surface area contributed by atoms with Crippen LogP contribution in [0.5, 0.6) is 0 Å². The molecule has 0 fully saturated rings. The van der Waals surface area contributed by atoms with Gasteiger partial charge >= 0.3 is 7.05 Å². The van der Waals surface area contributed by atoms with Gasteiger partial charge in [-0.2, -0.15) is 0 Å². The third-order valence-corrected chi connectivity index (χ3v) is 2.65. The van der Waals surface area contributed by atoms with Gasteiger partial charge < -0.3 is 10.3 Å². The summed E-state index contributed by atoms with van der Waals surface area (Å²) < 4.78 is 13.1. The molecule has 2 N–H and O–H groups in total. The Morgan fingerprint density at radius 1 is 1.63 bits per heavy atom. The maximum Gasteiger partial charge on any atom is 0.374 e. The van der Waals surface area contributed by atoms with Gasteiger partial charge in [0.25, 0.3) is 5.91 Å². The minimum atomic E-state index is -0.854. The predicted molar refractivity (Wildman–Crippen MR) is 70.6 cm³/mol. The molecule has 1 amide bonds. The second-order valence-electron chi connectivity index (χ2n) is 4.25. The molecule has 7 heteroatoms. The second-order valence-corrected chi connectivity index (χ2v) is 4.25. The Morgan fingerprint density at radius 2 is 2.32 bits per heavy atom. The number of halogens is 1. The topological polar surface area (TPSA) is 61.8 Å². The fraction of sp³-hybridized carbons (Fsp3) is 0.417. The van der Waals surface area contributed by atoms with Crippen LogP contribution in [0.3, 0.4) is 0 Å². The van der Waals surface area contributed by atoms with E-state index >= 15 is 0 Å². The van der Waals surface area contributed by atoms with Crippen molar-refractivity contribution in [3.05, 3.63) is 35.6 Å². The summed E-state index contributed by atoms with van der Waals surface area (Å²) >= 11 is 0. The molecule has 0 aliphatic carbocycles. The number of carbonyl (C=O) groups is 1. The van der Waals surface area contributed by atoms with Crippen molar-refractivity contribution in [3.63, 3.8) is 0 Å². The average molecular weight is 268 g/mol. The van der Waals surface area contributed by atoms with Gasteiger partial charge in [-0.15, -0.1) is 0 Å². The molecule has 0 aliphatic heterocycles. The van der Waals surface area contributed by atoms with Crippen molar-refractivity contribution in [3.8, 4) is 0 Å². The zero-order chi connectivity index (χ0) is 14.4. The molecule has 0 bridgehead atoms. The van der Waals surface area contributed by atoms with Crippen molar-refractivity contribution in [1.29, 1.82) is 0 Å². The molecule has 1 atom stereocenters. The fourth-order valence-electron chi connectivity index (χ4n) is 1.72. The highest BCUT2D eigenvalue weighted by atomic mass is 19.1. The summed E-state index contributed by atoms with van der Waals surface area (Å²) in [6, 6.07) is 5.31. The molecule has 1 aromatic rings. The molecule has 0 saturated carbocycles. The van der Waals surface area contributed by atoms with Crippen molar-refractivity contribution in [2.75, 3.05) is 14.2 Å². The molecule has 1 rings (SSSR count). The number of nitrogens with one attached hydrogen (secondary N) is 1. The first kappa shape index (κ1) is 15.6. The summed E-state index contributed by atoms with van der Waals surface area (Å²) in [6.07, 6.45) is 0.259. The van der Waals surface area contributed by atoms with Crippen LogP contribution in [0.2, 0.25) is 6.82 Å². The Hall–Kier alpha value is -1.44. The maximum atomic E-state index is 13.1. The number of hydrogen-bond donors (Lipinski definition) is 2. The Balaban J connectivity index is 2.82. The monoisotopic (exact) mass is 268 g/mol. The van der Waals surface area contributed by atoms with Crippen LogP contribution in [0.1, 0.15) is 5.56 Å². The van der Waals surface area contributed by atoms with Crippen LogP contribution in [0, 0.1) is 5.82 Å². The third kappa shape index (κ3) is 4.98. The Kier molecular flexibility index (Phi) is 5.94. The van der Waals surface area contributed by atoms with Gasteiger partial charge in [-0.3, -0.25) is 9.63 Å². The SMILES string of the molecule is CON(C)C(=O)C(Cc1cccc(F)c1)NB(C)O. The molecule has 0 saturated heterocycles. The van der Waals surface area contributed by atoms with E-state index in [1.165, 1.54) is 33.1 Å². The van der Waals surface area contributed by atoms with Crippen LogP contribution in [0.25, 0.3) is 0 Å². The highest BCUT2D eigenvalue weighted by Gasteiger charge is 2.24. The van der Waals surface area contributed by atoms with Crippen LogP contribution in [-0.4, -0.2) is 43.2 Å². The molecule has 104 valence electrons. The fourth-order valence-corrected chi connectivity index (χ4v) is 1.72. The van der Waals surface area contributed by atoms with E-state index in [-0.39, 0.29) is 18.1 Å². The van der Waals surface area contributed by atoms with Gasteiger partial charge in [-0.05, 0) is 30.9 Å². The number of hydrogen-bond acceptors (Lipinski definition) is 4. The number of benzene rings is 1. The molecule has 1 aromatic carbocycles. The van der Waals surface area contributed by atoms with E-state index < -0.39 is 13.1 Å². The molecule has 19 heavy (non-hydrogen) atoms. The minimum Gasteiger partial charge on any atom is -0.437 e. The number of rotatable bonds is 6. The van der Waals surface area contributed by atoms with E-state index in [2.05, 4.69) is 5.23 Å². The van der Waals surface area contributed by atoms with Crippen LogP contribution < -0.4 is 5.23 Å². The zero-order valence-corrected chi connectivity index (χ0v) is 11.3. The van der Waals surface area contributed by atoms with Gasteiger partial charge in [-0.25, -0.2) is 9.45 Å².